The van der Waals surface area contributed by atoms with Crippen molar-refractivity contribution in [3.05, 3.63) is 83.4 Å². The van der Waals surface area contributed by atoms with Crippen LogP contribution in [0.3, 0.4) is 0 Å². The van der Waals surface area contributed by atoms with Crippen LogP contribution in [0.1, 0.15) is 21.5 Å². The van der Waals surface area contributed by atoms with E-state index in [1.54, 1.807) is 19.2 Å². The summed E-state index contributed by atoms with van der Waals surface area (Å²) >= 11 is 0. The molecule has 0 radical (unpaired) electrons. The van der Waals surface area contributed by atoms with Crippen LogP contribution in [0.5, 0.6) is 23.0 Å². The summed E-state index contributed by atoms with van der Waals surface area (Å²) in [4.78, 5) is 13.6. The van der Waals surface area contributed by atoms with Crippen molar-refractivity contribution in [2.45, 2.75) is 0 Å². The minimum atomic E-state index is -0.156. The lowest BCUT2D eigenvalue weighted by Crippen LogP contribution is -2.05. The van der Waals surface area contributed by atoms with Crippen LogP contribution in [0.2, 0.25) is 0 Å². The largest absolute Gasteiger partial charge is 0.497 e. The van der Waals surface area contributed by atoms with Crippen LogP contribution in [-0.4, -0.2) is 34.2 Å². The van der Waals surface area contributed by atoms with E-state index in [9.17, 15) is 4.79 Å². The van der Waals surface area contributed by atoms with Crippen molar-refractivity contribution in [1.29, 1.82) is 0 Å². The van der Waals surface area contributed by atoms with Crippen LogP contribution >= 0.6 is 0 Å². The molecule has 5 heteroatoms. The van der Waals surface area contributed by atoms with Crippen LogP contribution in [0, 0.1) is 0 Å². The fourth-order valence-electron chi connectivity index (χ4n) is 3.13. The quantitative estimate of drug-likeness (QED) is 0.295. The summed E-state index contributed by atoms with van der Waals surface area (Å²) in [5.74, 6) is 1.90. The molecule has 0 saturated heterocycles. The highest BCUT2D eigenvalue weighted by atomic mass is 16.5. The fraction of sp³-hybridized carbons (Fsp3) is 0.160. The molecule has 0 atom stereocenters. The number of hydrogen-bond donors (Lipinski definition) is 0. The van der Waals surface area contributed by atoms with Gasteiger partial charge in [0.05, 0.1) is 28.4 Å². The molecule has 0 spiro atoms. The zero-order chi connectivity index (χ0) is 21.5. The summed E-state index contributed by atoms with van der Waals surface area (Å²) in [6, 6.07) is 20.4. The first kappa shape index (κ1) is 21.0. The lowest BCUT2D eigenvalue weighted by atomic mass is 9.94. The fourth-order valence-corrected chi connectivity index (χ4v) is 3.13. The number of ether oxygens (including phenoxy) is 4. The maximum Gasteiger partial charge on any atom is 0.203 e. The molecule has 0 amide bonds. The molecule has 0 aliphatic heterocycles. The Morgan fingerprint density at radius 2 is 1.30 bits per heavy atom. The van der Waals surface area contributed by atoms with Crippen LogP contribution in [-0.2, 0) is 0 Å². The van der Waals surface area contributed by atoms with Gasteiger partial charge in [0.15, 0.2) is 17.3 Å². The van der Waals surface area contributed by atoms with Crippen LogP contribution in [0.15, 0.2) is 66.7 Å². The molecule has 5 nitrogen and oxygen atoms in total. The van der Waals surface area contributed by atoms with E-state index in [1.165, 1.54) is 21.3 Å². The van der Waals surface area contributed by atoms with Gasteiger partial charge in [-0.05, 0) is 41.5 Å². The average Bonchev–Trinajstić information content (AvgIpc) is 2.81. The molecule has 0 unspecified atom stereocenters. The molecule has 0 heterocycles. The lowest BCUT2D eigenvalue weighted by molar-refractivity contribution is 0.105. The Kier molecular flexibility index (Phi) is 6.75. The standard InChI is InChI=1S/C25H24O5/c1-27-20-12-10-17(11-13-20)14-21(18-8-6-5-7-9-18)24(26)19-15-22(28-2)25(30-4)23(16-19)29-3/h5-16H,1-4H3/b21-14+. The number of rotatable bonds is 8. The zero-order valence-electron chi connectivity index (χ0n) is 17.5. The lowest BCUT2D eigenvalue weighted by Gasteiger charge is -2.15. The summed E-state index contributed by atoms with van der Waals surface area (Å²) in [6.45, 7) is 0. The molecule has 30 heavy (non-hydrogen) atoms. The van der Waals surface area contributed by atoms with E-state index in [0.717, 1.165) is 16.9 Å². The molecule has 154 valence electrons. The number of Topliss-reactive ketones (excluding diaryl/α,β-unsaturated/α-hetero) is 1. The Labute approximate surface area is 176 Å². The van der Waals surface area contributed by atoms with Crippen molar-refractivity contribution < 1.29 is 23.7 Å². The Hall–Kier alpha value is -3.73. The first-order chi connectivity index (χ1) is 14.6. The number of carbonyl (C=O) groups is 1. The molecule has 0 aliphatic rings. The second-order valence-electron chi connectivity index (χ2n) is 6.44. The van der Waals surface area contributed by atoms with Crippen molar-refractivity contribution in [3.8, 4) is 23.0 Å². The summed E-state index contributed by atoms with van der Waals surface area (Å²) in [5.41, 5.74) is 2.69. The summed E-state index contributed by atoms with van der Waals surface area (Å²) in [7, 11) is 6.20. The van der Waals surface area contributed by atoms with Crippen LogP contribution in [0.25, 0.3) is 11.6 Å². The predicted octanol–water partition coefficient (Wildman–Crippen LogP) is 5.14. The molecule has 0 aliphatic carbocycles. The van der Waals surface area contributed by atoms with Gasteiger partial charge in [-0.2, -0.15) is 0 Å². The maximum absolute atomic E-state index is 13.6. The molecule has 3 aromatic carbocycles. The van der Waals surface area contributed by atoms with E-state index in [1.807, 2.05) is 60.7 Å². The predicted molar refractivity (Wildman–Crippen MR) is 118 cm³/mol. The Morgan fingerprint density at radius 3 is 1.80 bits per heavy atom. The van der Waals surface area contributed by atoms with Gasteiger partial charge in [0, 0.05) is 11.1 Å². The smallest absolute Gasteiger partial charge is 0.203 e. The summed E-state index contributed by atoms with van der Waals surface area (Å²) in [5, 5.41) is 0. The number of allylic oxidation sites excluding steroid dienone is 1. The SMILES string of the molecule is COc1ccc(/C=C(/C(=O)c2cc(OC)c(OC)c(OC)c2)c2ccccc2)cc1. The van der Waals surface area contributed by atoms with E-state index in [0.29, 0.717) is 28.4 Å². The average molecular weight is 404 g/mol. The number of methoxy groups -OCH3 is 4. The van der Waals surface area contributed by atoms with Gasteiger partial charge in [0.1, 0.15) is 5.75 Å². The van der Waals surface area contributed by atoms with Gasteiger partial charge in [0.2, 0.25) is 5.75 Å². The summed E-state index contributed by atoms with van der Waals surface area (Å²) < 4.78 is 21.4. The maximum atomic E-state index is 13.6. The Balaban J connectivity index is 2.12. The van der Waals surface area contributed by atoms with E-state index in [-0.39, 0.29) is 5.78 Å². The molecular weight excluding hydrogens is 380 g/mol. The van der Waals surface area contributed by atoms with Crippen molar-refractivity contribution in [2.75, 3.05) is 28.4 Å². The van der Waals surface area contributed by atoms with Gasteiger partial charge in [-0.1, -0.05) is 42.5 Å². The van der Waals surface area contributed by atoms with Crippen molar-refractivity contribution >= 4 is 17.4 Å². The van der Waals surface area contributed by atoms with Crippen molar-refractivity contribution in [1.82, 2.24) is 0 Å². The van der Waals surface area contributed by atoms with E-state index in [4.69, 9.17) is 18.9 Å². The molecule has 3 rings (SSSR count). The highest BCUT2D eigenvalue weighted by molar-refractivity contribution is 6.32. The first-order valence-corrected chi connectivity index (χ1v) is 9.37. The number of hydrogen-bond acceptors (Lipinski definition) is 5. The van der Waals surface area contributed by atoms with Crippen molar-refractivity contribution in [2.24, 2.45) is 0 Å². The van der Waals surface area contributed by atoms with Crippen LogP contribution in [0.4, 0.5) is 0 Å². The van der Waals surface area contributed by atoms with Gasteiger partial charge in [0.25, 0.3) is 0 Å². The third-order valence-electron chi connectivity index (χ3n) is 4.68. The normalized spacial score (nSPS) is 11.0. The van der Waals surface area contributed by atoms with Gasteiger partial charge < -0.3 is 18.9 Å². The second kappa shape index (κ2) is 9.65. The molecular formula is C25H24O5. The Bertz CT molecular complexity index is 1010. The third kappa shape index (κ3) is 4.46. The van der Waals surface area contributed by atoms with Gasteiger partial charge in [-0.3, -0.25) is 4.79 Å². The summed E-state index contributed by atoms with van der Waals surface area (Å²) in [6.07, 6.45) is 1.86. The number of ketones is 1. The second-order valence-corrected chi connectivity index (χ2v) is 6.44. The molecule has 3 aromatic rings. The minimum absolute atomic E-state index is 0.156. The van der Waals surface area contributed by atoms with E-state index in [2.05, 4.69) is 0 Å². The highest BCUT2D eigenvalue weighted by Gasteiger charge is 2.20. The number of carbonyl (C=O) groups excluding carboxylic acids is 1. The Morgan fingerprint density at radius 1 is 0.700 bits per heavy atom. The first-order valence-electron chi connectivity index (χ1n) is 9.37. The molecule has 0 bridgehead atoms. The topological polar surface area (TPSA) is 54.0 Å². The van der Waals surface area contributed by atoms with Gasteiger partial charge in [-0.15, -0.1) is 0 Å². The van der Waals surface area contributed by atoms with Crippen molar-refractivity contribution in [3.63, 3.8) is 0 Å². The molecule has 0 fully saturated rings. The highest BCUT2D eigenvalue weighted by Crippen LogP contribution is 2.39. The van der Waals surface area contributed by atoms with E-state index < -0.39 is 0 Å². The molecule has 0 aromatic heterocycles. The van der Waals surface area contributed by atoms with Gasteiger partial charge >= 0.3 is 0 Å². The van der Waals surface area contributed by atoms with E-state index >= 15 is 0 Å². The molecule has 0 N–H and O–H groups in total. The van der Waals surface area contributed by atoms with Crippen LogP contribution < -0.4 is 18.9 Å². The zero-order valence-corrected chi connectivity index (χ0v) is 17.5. The van der Waals surface area contributed by atoms with Gasteiger partial charge in [-0.25, -0.2) is 0 Å². The number of benzene rings is 3. The minimum Gasteiger partial charge on any atom is -0.497 e. The monoisotopic (exact) mass is 404 g/mol. The third-order valence-corrected chi connectivity index (χ3v) is 4.68. The molecule has 0 saturated carbocycles.